The van der Waals surface area contributed by atoms with Gasteiger partial charge in [-0.25, -0.2) is 4.98 Å². The summed E-state index contributed by atoms with van der Waals surface area (Å²) in [6.45, 7) is 2.59. The molecule has 1 aromatic carbocycles. The van der Waals surface area contributed by atoms with Gasteiger partial charge in [0.2, 0.25) is 5.91 Å². The van der Waals surface area contributed by atoms with E-state index in [0.29, 0.717) is 18.2 Å². The fraction of sp³-hybridized carbons (Fsp3) is 0.286. The van der Waals surface area contributed by atoms with Crippen LogP contribution in [0.4, 0.5) is 10.8 Å². The number of thiazole rings is 1. The zero-order valence-corrected chi connectivity index (χ0v) is 16.6. The Bertz CT molecular complexity index is 1060. The van der Waals surface area contributed by atoms with Crippen molar-refractivity contribution < 1.29 is 14.0 Å². The number of amides is 2. The number of carbonyl (C=O) groups excluding carboxylic acids is 2. The number of furan rings is 1. The largest absolute Gasteiger partial charge is 0.459 e. The molecule has 7 nitrogen and oxygen atoms in total. The highest BCUT2D eigenvalue weighted by molar-refractivity contribution is 7.15. The van der Waals surface area contributed by atoms with E-state index in [4.69, 9.17) is 4.42 Å². The second kappa shape index (κ2) is 7.46. The summed E-state index contributed by atoms with van der Waals surface area (Å²) in [6, 6.07) is 11.4. The molecule has 1 N–H and O–H groups in total. The molecule has 0 bridgehead atoms. The number of nitrogens with one attached hydrogen (secondary N) is 1. The SMILES string of the molecule is O=C(Nc1nc2c(s1)CN(CC(=O)N1CCc3ccccc31)CC2)c1ccco1. The van der Waals surface area contributed by atoms with Gasteiger partial charge in [-0.1, -0.05) is 18.2 Å². The molecule has 2 aliphatic rings. The molecule has 3 aromatic rings. The molecule has 0 aliphatic carbocycles. The Labute approximate surface area is 172 Å². The zero-order valence-electron chi connectivity index (χ0n) is 15.8. The molecule has 2 aromatic heterocycles. The topological polar surface area (TPSA) is 78.7 Å². The third-order valence-corrected chi connectivity index (χ3v) is 6.32. The standard InChI is InChI=1S/C21H20N4O3S/c26-19(25-10-7-14-4-1-2-5-16(14)25)13-24-9-8-15-18(12-24)29-21(22-15)23-20(27)17-6-3-11-28-17/h1-6,11H,7-10,12-13H2,(H,22,23,27). The van der Waals surface area contributed by atoms with Crippen LogP contribution in [0.2, 0.25) is 0 Å². The Hall–Kier alpha value is -2.97. The van der Waals surface area contributed by atoms with Crippen molar-refractivity contribution in [3.63, 3.8) is 0 Å². The van der Waals surface area contributed by atoms with Crippen LogP contribution in [0.15, 0.2) is 47.1 Å². The van der Waals surface area contributed by atoms with E-state index in [9.17, 15) is 9.59 Å². The van der Waals surface area contributed by atoms with Crippen LogP contribution < -0.4 is 10.2 Å². The molecule has 0 unspecified atom stereocenters. The van der Waals surface area contributed by atoms with Crippen molar-refractivity contribution in [1.29, 1.82) is 0 Å². The minimum atomic E-state index is -0.305. The third-order valence-electron chi connectivity index (χ3n) is 5.32. The summed E-state index contributed by atoms with van der Waals surface area (Å²) in [5.41, 5.74) is 3.28. The lowest BCUT2D eigenvalue weighted by molar-refractivity contribution is -0.119. The number of benzene rings is 1. The van der Waals surface area contributed by atoms with E-state index >= 15 is 0 Å². The fourth-order valence-corrected chi connectivity index (χ4v) is 4.92. The van der Waals surface area contributed by atoms with Crippen molar-refractivity contribution >= 4 is 34.0 Å². The van der Waals surface area contributed by atoms with Gasteiger partial charge in [-0.15, -0.1) is 11.3 Å². The minimum Gasteiger partial charge on any atom is -0.459 e. The lowest BCUT2D eigenvalue weighted by Gasteiger charge is -2.27. The summed E-state index contributed by atoms with van der Waals surface area (Å²) < 4.78 is 5.12. The molecule has 8 heteroatoms. The van der Waals surface area contributed by atoms with Crippen molar-refractivity contribution in [3.05, 3.63) is 64.6 Å². The maximum atomic E-state index is 12.9. The van der Waals surface area contributed by atoms with Gasteiger partial charge in [0.1, 0.15) is 0 Å². The first kappa shape index (κ1) is 18.1. The molecule has 0 atom stereocenters. The van der Waals surface area contributed by atoms with Gasteiger partial charge in [0.15, 0.2) is 10.9 Å². The van der Waals surface area contributed by atoms with E-state index in [2.05, 4.69) is 21.3 Å². The van der Waals surface area contributed by atoms with Crippen LogP contribution in [0, 0.1) is 0 Å². The first-order valence-corrected chi connectivity index (χ1v) is 10.4. The Morgan fingerprint density at radius 1 is 1.14 bits per heavy atom. The molecule has 29 heavy (non-hydrogen) atoms. The highest BCUT2D eigenvalue weighted by atomic mass is 32.1. The Morgan fingerprint density at radius 3 is 2.90 bits per heavy atom. The number of para-hydroxylation sites is 1. The van der Waals surface area contributed by atoms with Crippen molar-refractivity contribution in [1.82, 2.24) is 9.88 Å². The van der Waals surface area contributed by atoms with Crippen molar-refractivity contribution in [3.8, 4) is 0 Å². The minimum absolute atomic E-state index is 0.134. The molecule has 5 rings (SSSR count). The van der Waals surface area contributed by atoms with E-state index in [-0.39, 0.29) is 17.6 Å². The van der Waals surface area contributed by atoms with Crippen LogP contribution in [0.5, 0.6) is 0 Å². The summed E-state index contributed by atoms with van der Waals surface area (Å²) in [5.74, 6) is 0.0892. The quantitative estimate of drug-likeness (QED) is 0.718. The lowest BCUT2D eigenvalue weighted by Crippen LogP contribution is -2.41. The number of nitrogens with zero attached hydrogens (tertiary/aromatic N) is 3. The van der Waals surface area contributed by atoms with Gasteiger partial charge in [0, 0.05) is 36.6 Å². The van der Waals surface area contributed by atoms with Crippen LogP contribution in [0.25, 0.3) is 0 Å². The molecule has 2 aliphatic heterocycles. The monoisotopic (exact) mass is 408 g/mol. The molecule has 0 spiro atoms. The second-order valence-corrected chi connectivity index (χ2v) is 8.29. The average Bonchev–Trinajstić information content (AvgIpc) is 3.46. The summed E-state index contributed by atoms with van der Waals surface area (Å²) in [4.78, 5) is 34.7. The Morgan fingerprint density at radius 2 is 2.03 bits per heavy atom. The summed E-state index contributed by atoms with van der Waals surface area (Å²) in [5, 5.41) is 3.36. The van der Waals surface area contributed by atoms with Gasteiger partial charge in [-0.2, -0.15) is 0 Å². The highest BCUT2D eigenvalue weighted by Crippen LogP contribution is 2.30. The van der Waals surface area contributed by atoms with Crippen LogP contribution in [-0.4, -0.2) is 41.3 Å². The van der Waals surface area contributed by atoms with Crippen LogP contribution in [0.3, 0.4) is 0 Å². The normalized spacial score (nSPS) is 15.8. The van der Waals surface area contributed by atoms with Crippen molar-refractivity contribution in [2.24, 2.45) is 0 Å². The number of hydrogen-bond acceptors (Lipinski definition) is 6. The Balaban J connectivity index is 1.23. The zero-order chi connectivity index (χ0) is 19.8. The van der Waals surface area contributed by atoms with Crippen molar-refractivity contribution in [2.45, 2.75) is 19.4 Å². The van der Waals surface area contributed by atoms with E-state index in [0.717, 1.165) is 42.2 Å². The van der Waals surface area contributed by atoms with Gasteiger partial charge >= 0.3 is 0 Å². The molecule has 2 amide bonds. The van der Waals surface area contributed by atoms with Gasteiger partial charge in [0.25, 0.3) is 5.91 Å². The number of rotatable bonds is 4. The molecule has 0 radical (unpaired) electrons. The summed E-state index contributed by atoms with van der Waals surface area (Å²) >= 11 is 1.46. The van der Waals surface area contributed by atoms with Gasteiger partial charge in [-0.05, 0) is 30.2 Å². The van der Waals surface area contributed by atoms with Crippen LogP contribution in [0.1, 0.15) is 26.7 Å². The van der Waals surface area contributed by atoms with Gasteiger partial charge < -0.3 is 9.32 Å². The molecule has 0 saturated carbocycles. The molecule has 0 saturated heterocycles. The molecule has 0 fully saturated rings. The predicted octanol–water partition coefficient (Wildman–Crippen LogP) is 2.94. The van der Waals surface area contributed by atoms with Crippen LogP contribution >= 0.6 is 11.3 Å². The number of carbonyl (C=O) groups is 2. The smallest absolute Gasteiger partial charge is 0.293 e. The highest BCUT2D eigenvalue weighted by Gasteiger charge is 2.28. The van der Waals surface area contributed by atoms with E-state index < -0.39 is 0 Å². The summed E-state index contributed by atoms with van der Waals surface area (Å²) in [6.07, 6.45) is 3.15. The van der Waals surface area contributed by atoms with E-state index in [1.165, 1.54) is 23.2 Å². The number of hydrogen-bond donors (Lipinski definition) is 1. The molecule has 148 valence electrons. The number of aromatic nitrogens is 1. The fourth-order valence-electron chi connectivity index (χ4n) is 3.88. The molecular formula is C21H20N4O3S. The van der Waals surface area contributed by atoms with Gasteiger partial charge in [0.05, 0.1) is 18.5 Å². The summed E-state index contributed by atoms with van der Waals surface area (Å²) in [7, 11) is 0. The van der Waals surface area contributed by atoms with Crippen molar-refractivity contribution in [2.75, 3.05) is 29.9 Å². The van der Waals surface area contributed by atoms with E-state index in [1.54, 1.807) is 12.1 Å². The maximum Gasteiger partial charge on any atom is 0.293 e. The van der Waals surface area contributed by atoms with E-state index in [1.807, 2.05) is 23.1 Å². The first-order valence-electron chi connectivity index (χ1n) is 9.61. The number of fused-ring (bicyclic) bond motifs is 2. The van der Waals surface area contributed by atoms with Crippen LogP contribution in [-0.2, 0) is 24.2 Å². The van der Waals surface area contributed by atoms with Gasteiger partial charge in [-0.3, -0.25) is 19.8 Å². The third kappa shape index (κ3) is 3.56. The second-order valence-electron chi connectivity index (χ2n) is 7.21. The lowest BCUT2D eigenvalue weighted by atomic mass is 10.1. The molecular weight excluding hydrogens is 388 g/mol. The first-order chi connectivity index (χ1) is 14.2. The maximum absolute atomic E-state index is 12.9. The average molecular weight is 408 g/mol. The number of anilines is 2. The predicted molar refractivity (Wildman–Crippen MR) is 110 cm³/mol. The Kier molecular flexibility index (Phi) is 4.65. The molecule has 4 heterocycles.